The Labute approximate surface area is 154 Å². The van der Waals surface area contributed by atoms with E-state index in [1.807, 2.05) is 39.0 Å². The van der Waals surface area contributed by atoms with Crippen molar-refractivity contribution >= 4 is 17.5 Å². The van der Waals surface area contributed by atoms with Crippen LogP contribution in [0.15, 0.2) is 42.5 Å². The van der Waals surface area contributed by atoms with Crippen LogP contribution in [0.25, 0.3) is 0 Å². The molecule has 2 amide bonds. The van der Waals surface area contributed by atoms with Crippen LogP contribution in [-0.2, 0) is 4.79 Å². The van der Waals surface area contributed by atoms with Gasteiger partial charge in [-0.25, -0.2) is 0 Å². The highest BCUT2D eigenvalue weighted by Gasteiger charge is 2.19. The van der Waals surface area contributed by atoms with Crippen LogP contribution in [-0.4, -0.2) is 24.5 Å². The topological polar surface area (TPSA) is 67.4 Å². The van der Waals surface area contributed by atoms with Crippen molar-refractivity contribution in [3.05, 3.63) is 59.2 Å². The number of rotatable bonds is 7. The van der Waals surface area contributed by atoms with Crippen LogP contribution in [0.5, 0.6) is 5.75 Å². The predicted molar refractivity (Wildman–Crippen MR) is 104 cm³/mol. The summed E-state index contributed by atoms with van der Waals surface area (Å²) in [5.74, 6) is 0.175. The van der Waals surface area contributed by atoms with Gasteiger partial charge in [0.1, 0.15) is 5.75 Å². The van der Waals surface area contributed by atoms with Gasteiger partial charge in [-0.05, 0) is 56.5 Å². The summed E-state index contributed by atoms with van der Waals surface area (Å²) in [5.41, 5.74) is 3.02. The standard InChI is InChI=1S/C21H26N2O3/c1-5-13-22-21(25)17-10-6-7-11-18(17)23-20(24)16(4)26-19-12-8-9-14(2)15(19)3/h6-12,16H,5,13H2,1-4H3,(H,22,25)(H,23,24)/t16-/m1/s1. The van der Waals surface area contributed by atoms with E-state index in [1.54, 1.807) is 31.2 Å². The minimum atomic E-state index is -0.692. The maximum atomic E-state index is 12.5. The summed E-state index contributed by atoms with van der Waals surface area (Å²) in [5, 5.41) is 5.62. The Hall–Kier alpha value is -2.82. The molecular formula is C21H26N2O3. The fourth-order valence-electron chi connectivity index (χ4n) is 2.45. The molecule has 2 aromatic rings. The molecule has 26 heavy (non-hydrogen) atoms. The van der Waals surface area contributed by atoms with Gasteiger partial charge in [-0.2, -0.15) is 0 Å². The van der Waals surface area contributed by atoms with Crippen molar-refractivity contribution in [3.8, 4) is 5.75 Å². The lowest BCUT2D eigenvalue weighted by atomic mass is 10.1. The third-order valence-electron chi connectivity index (χ3n) is 4.19. The Balaban J connectivity index is 2.09. The number of ether oxygens (including phenoxy) is 1. The molecule has 0 aliphatic rings. The molecule has 0 saturated carbocycles. The second-order valence-electron chi connectivity index (χ2n) is 6.25. The van der Waals surface area contributed by atoms with Gasteiger partial charge in [0.2, 0.25) is 0 Å². The second kappa shape index (κ2) is 9.04. The lowest BCUT2D eigenvalue weighted by Crippen LogP contribution is -2.32. The van der Waals surface area contributed by atoms with Crippen molar-refractivity contribution in [2.75, 3.05) is 11.9 Å². The van der Waals surface area contributed by atoms with Crippen LogP contribution < -0.4 is 15.4 Å². The van der Waals surface area contributed by atoms with Gasteiger partial charge in [0.15, 0.2) is 6.10 Å². The fourth-order valence-corrected chi connectivity index (χ4v) is 2.45. The van der Waals surface area contributed by atoms with Gasteiger partial charge in [-0.15, -0.1) is 0 Å². The molecular weight excluding hydrogens is 328 g/mol. The summed E-state index contributed by atoms with van der Waals surface area (Å²) < 4.78 is 5.81. The highest BCUT2D eigenvalue weighted by atomic mass is 16.5. The number of para-hydroxylation sites is 1. The maximum absolute atomic E-state index is 12.5. The molecule has 1 atom stereocenters. The Kier molecular flexibility index (Phi) is 6.78. The molecule has 0 bridgehead atoms. The molecule has 0 saturated heterocycles. The zero-order valence-corrected chi connectivity index (χ0v) is 15.8. The molecule has 5 heteroatoms. The minimum Gasteiger partial charge on any atom is -0.481 e. The molecule has 0 aromatic heterocycles. The molecule has 0 fully saturated rings. The number of hydrogen-bond acceptors (Lipinski definition) is 3. The Morgan fingerprint density at radius 1 is 1.08 bits per heavy atom. The van der Waals surface area contributed by atoms with Gasteiger partial charge >= 0.3 is 0 Å². The first-order chi connectivity index (χ1) is 12.4. The Morgan fingerprint density at radius 3 is 2.54 bits per heavy atom. The van der Waals surface area contributed by atoms with Crippen molar-refractivity contribution in [1.82, 2.24) is 5.32 Å². The third-order valence-corrected chi connectivity index (χ3v) is 4.19. The van der Waals surface area contributed by atoms with Crippen molar-refractivity contribution in [3.63, 3.8) is 0 Å². The molecule has 0 spiro atoms. The first-order valence-electron chi connectivity index (χ1n) is 8.85. The summed E-state index contributed by atoms with van der Waals surface area (Å²) in [6.45, 7) is 8.23. The summed E-state index contributed by atoms with van der Waals surface area (Å²) >= 11 is 0. The minimum absolute atomic E-state index is 0.203. The maximum Gasteiger partial charge on any atom is 0.265 e. The number of aryl methyl sites for hydroxylation is 1. The lowest BCUT2D eigenvalue weighted by molar-refractivity contribution is -0.122. The van der Waals surface area contributed by atoms with Crippen LogP contribution in [0.3, 0.4) is 0 Å². The average molecular weight is 354 g/mol. The van der Waals surface area contributed by atoms with E-state index in [9.17, 15) is 9.59 Å². The summed E-state index contributed by atoms with van der Waals surface area (Å²) in [6, 6.07) is 12.7. The highest BCUT2D eigenvalue weighted by Crippen LogP contribution is 2.22. The van der Waals surface area contributed by atoms with Gasteiger partial charge in [0.25, 0.3) is 11.8 Å². The van der Waals surface area contributed by atoms with E-state index < -0.39 is 6.10 Å². The van der Waals surface area contributed by atoms with E-state index in [1.165, 1.54) is 0 Å². The molecule has 2 aromatic carbocycles. The van der Waals surface area contributed by atoms with Gasteiger partial charge in [0, 0.05) is 6.54 Å². The molecule has 0 aliphatic heterocycles. The molecule has 0 radical (unpaired) electrons. The third kappa shape index (κ3) is 4.85. The summed E-state index contributed by atoms with van der Waals surface area (Å²) in [4.78, 5) is 24.8. The number of nitrogens with one attached hydrogen (secondary N) is 2. The van der Waals surface area contributed by atoms with Crippen molar-refractivity contribution in [1.29, 1.82) is 0 Å². The van der Waals surface area contributed by atoms with Crippen molar-refractivity contribution in [2.45, 2.75) is 40.2 Å². The quantitative estimate of drug-likeness (QED) is 0.794. The number of hydrogen-bond donors (Lipinski definition) is 2. The molecule has 0 heterocycles. The molecule has 2 rings (SSSR count). The molecule has 0 unspecified atom stereocenters. The molecule has 138 valence electrons. The van der Waals surface area contributed by atoms with E-state index in [0.717, 1.165) is 17.5 Å². The molecule has 5 nitrogen and oxygen atoms in total. The van der Waals surface area contributed by atoms with E-state index in [-0.39, 0.29) is 11.8 Å². The van der Waals surface area contributed by atoms with Gasteiger partial charge < -0.3 is 15.4 Å². The van der Waals surface area contributed by atoms with Gasteiger partial charge in [-0.3, -0.25) is 9.59 Å². The second-order valence-corrected chi connectivity index (χ2v) is 6.25. The predicted octanol–water partition coefficient (Wildman–Crippen LogP) is 3.85. The van der Waals surface area contributed by atoms with Crippen LogP contribution in [0, 0.1) is 13.8 Å². The van der Waals surface area contributed by atoms with Crippen LogP contribution in [0.2, 0.25) is 0 Å². The first-order valence-corrected chi connectivity index (χ1v) is 8.85. The largest absolute Gasteiger partial charge is 0.481 e. The molecule has 0 aliphatic carbocycles. The SMILES string of the molecule is CCCNC(=O)c1ccccc1NC(=O)[C@@H](C)Oc1cccc(C)c1C. The summed E-state index contributed by atoms with van der Waals surface area (Å²) in [6.07, 6.45) is 0.156. The van der Waals surface area contributed by atoms with Crippen LogP contribution in [0.4, 0.5) is 5.69 Å². The van der Waals surface area contributed by atoms with Crippen LogP contribution >= 0.6 is 0 Å². The van der Waals surface area contributed by atoms with E-state index in [2.05, 4.69) is 10.6 Å². The summed E-state index contributed by atoms with van der Waals surface area (Å²) in [7, 11) is 0. The highest BCUT2D eigenvalue weighted by molar-refractivity contribution is 6.04. The van der Waals surface area contributed by atoms with E-state index in [0.29, 0.717) is 23.5 Å². The smallest absolute Gasteiger partial charge is 0.265 e. The van der Waals surface area contributed by atoms with Crippen molar-refractivity contribution < 1.29 is 14.3 Å². The number of anilines is 1. The van der Waals surface area contributed by atoms with Crippen LogP contribution in [0.1, 0.15) is 41.8 Å². The zero-order chi connectivity index (χ0) is 19.1. The molecule has 2 N–H and O–H groups in total. The lowest BCUT2D eigenvalue weighted by Gasteiger charge is -2.18. The number of benzene rings is 2. The number of carbonyl (C=O) groups excluding carboxylic acids is 2. The number of amides is 2. The zero-order valence-electron chi connectivity index (χ0n) is 15.8. The van der Waals surface area contributed by atoms with Gasteiger partial charge in [0.05, 0.1) is 11.3 Å². The monoisotopic (exact) mass is 354 g/mol. The van der Waals surface area contributed by atoms with Gasteiger partial charge in [-0.1, -0.05) is 31.2 Å². The first kappa shape index (κ1) is 19.5. The fraction of sp³-hybridized carbons (Fsp3) is 0.333. The number of carbonyl (C=O) groups is 2. The van der Waals surface area contributed by atoms with E-state index >= 15 is 0 Å². The Morgan fingerprint density at radius 2 is 1.81 bits per heavy atom. The Bertz CT molecular complexity index is 787. The average Bonchev–Trinajstić information content (AvgIpc) is 2.63. The van der Waals surface area contributed by atoms with E-state index in [4.69, 9.17) is 4.74 Å². The normalized spacial score (nSPS) is 11.5. The van der Waals surface area contributed by atoms with Crippen molar-refractivity contribution in [2.24, 2.45) is 0 Å².